The molecule has 1 aromatic rings. The molecule has 0 aliphatic heterocycles. The van der Waals surface area contributed by atoms with Crippen LogP contribution in [-0.2, 0) is 4.79 Å². The van der Waals surface area contributed by atoms with Crippen LogP contribution in [0.2, 0.25) is 0 Å². The third kappa shape index (κ3) is 2.61. The molecule has 86 valence electrons. The van der Waals surface area contributed by atoms with E-state index in [1.165, 1.54) is 0 Å². The topological polar surface area (TPSA) is 55.1 Å². The predicted molar refractivity (Wildman–Crippen MR) is 63.7 cm³/mol. The number of rotatable bonds is 4. The Morgan fingerprint density at radius 2 is 2.00 bits per heavy atom. The lowest BCUT2D eigenvalue weighted by atomic mass is 9.95. The van der Waals surface area contributed by atoms with Gasteiger partial charge in [-0.1, -0.05) is 37.3 Å². The molecular formula is C13H18N2O. The van der Waals surface area contributed by atoms with Crippen LogP contribution in [0.4, 0.5) is 0 Å². The smallest absolute Gasteiger partial charge is 0.224 e. The number of carbonyl (C=O) groups is 1. The number of amides is 1. The molecule has 3 nitrogen and oxygen atoms in total. The second-order valence-corrected chi connectivity index (χ2v) is 4.51. The maximum absolute atomic E-state index is 11.8. The average Bonchev–Trinajstić information content (AvgIpc) is 3.12. The zero-order valence-electron chi connectivity index (χ0n) is 9.52. The summed E-state index contributed by atoms with van der Waals surface area (Å²) in [6.07, 6.45) is 2.22. The monoisotopic (exact) mass is 218 g/mol. The summed E-state index contributed by atoms with van der Waals surface area (Å²) in [5.41, 5.74) is 7.09. The van der Waals surface area contributed by atoms with Crippen LogP contribution < -0.4 is 11.1 Å². The highest BCUT2D eigenvalue weighted by molar-refractivity contribution is 5.79. The van der Waals surface area contributed by atoms with Crippen molar-refractivity contribution in [1.82, 2.24) is 5.32 Å². The number of hydrogen-bond donors (Lipinski definition) is 2. The van der Waals surface area contributed by atoms with Crippen LogP contribution in [0.5, 0.6) is 0 Å². The number of nitrogens with one attached hydrogen (secondary N) is 1. The van der Waals surface area contributed by atoms with E-state index >= 15 is 0 Å². The van der Waals surface area contributed by atoms with E-state index in [1.807, 2.05) is 37.3 Å². The van der Waals surface area contributed by atoms with Crippen LogP contribution in [0.3, 0.4) is 0 Å². The van der Waals surface area contributed by atoms with Gasteiger partial charge in [-0.15, -0.1) is 0 Å². The van der Waals surface area contributed by atoms with Gasteiger partial charge in [0.05, 0.1) is 5.92 Å². The molecule has 3 heteroatoms. The Hall–Kier alpha value is -1.35. The highest BCUT2D eigenvalue weighted by atomic mass is 16.2. The molecule has 0 bridgehead atoms. The van der Waals surface area contributed by atoms with Gasteiger partial charge in [-0.05, 0) is 18.4 Å². The third-order valence-electron chi connectivity index (χ3n) is 3.06. The molecule has 2 unspecified atom stereocenters. The molecule has 0 saturated heterocycles. The van der Waals surface area contributed by atoms with Gasteiger partial charge in [-0.2, -0.15) is 0 Å². The number of carbonyl (C=O) groups excluding carboxylic acids is 1. The molecule has 1 saturated carbocycles. The summed E-state index contributed by atoms with van der Waals surface area (Å²) in [7, 11) is 0. The summed E-state index contributed by atoms with van der Waals surface area (Å²) in [4.78, 5) is 11.8. The summed E-state index contributed by atoms with van der Waals surface area (Å²) in [6, 6.07) is 9.95. The Bertz CT molecular complexity index is 359. The fourth-order valence-electron chi connectivity index (χ4n) is 1.69. The van der Waals surface area contributed by atoms with Crippen molar-refractivity contribution in [2.75, 3.05) is 0 Å². The maximum Gasteiger partial charge on any atom is 0.224 e. The van der Waals surface area contributed by atoms with Crippen LogP contribution in [0.25, 0.3) is 0 Å². The van der Waals surface area contributed by atoms with Crippen molar-refractivity contribution in [2.24, 2.45) is 11.7 Å². The van der Waals surface area contributed by atoms with Crippen LogP contribution in [0.1, 0.15) is 31.4 Å². The van der Waals surface area contributed by atoms with Crippen molar-refractivity contribution in [3.8, 4) is 0 Å². The minimum Gasteiger partial charge on any atom is -0.353 e. The number of benzene rings is 1. The Balaban J connectivity index is 1.97. The van der Waals surface area contributed by atoms with E-state index in [0.29, 0.717) is 6.04 Å². The lowest BCUT2D eigenvalue weighted by molar-refractivity contribution is -0.125. The molecule has 1 amide bonds. The van der Waals surface area contributed by atoms with E-state index in [2.05, 4.69) is 5.32 Å². The van der Waals surface area contributed by atoms with Crippen LogP contribution in [0, 0.1) is 5.92 Å². The maximum atomic E-state index is 11.8. The molecule has 0 aromatic heterocycles. The second-order valence-electron chi connectivity index (χ2n) is 4.51. The van der Waals surface area contributed by atoms with Gasteiger partial charge in [0.15, 0.2) is 0 Å². The Morgan fingerprint density at radius 1 is 1.38 bits per heavy atom. The molecule has 16 heavy (non-hydrogen) atoms. The van der Waals surface area contributed by atoms with Crippen molar-refractivity contribution in [1.29, 1.82) is 0 Å². The van der Waals surface area contributed by atoms with Crippen molar-refractivity contribution >= 4 is 5.91 Å². The van der Waals surface area contributed by atoms with Gasteiger partial charge in [0.25, 0.3) is 0 Å². The molecule has 0 spiro atoms. The zero-order valence-corrected chi connectivity index (χ0v) is 9.52. The first-order valence-electron chi connectivity index (χ1n) is 5.79. The molecular weight excluding hydrogens is 200 g/mol. The van der Waals surface area contributed by atoms with Crippen molar-refractivity contribution in [3.63, 3.8) is 0 Å². The van der Waals surface area contributed by atoms with E-state index in [0.717, 1.165) is 18.4 Å². The third-order valence-corrected chi connectivity index (χ3v) is 3.06. The normalized spacial score (nSPS) is 18.9. The van der Waals surface area contributed by atoms with Crippen LogP contribution in [0.15, 0.2) is 30.3 Å². The Morgan fingerprint density at radius 3 is 2.56 bits per heavy atom. The SMILES string of the molecule is CC(C(=O)NC1CC1)C(N)c1ccccc1. The van der Waals surface area contributed by atoms with E-state index in [-0.39, 0.29) is 17.9 Å². The largest absolute Gasteiger partial charge is 0.353 e. The first kappa shape index (κ1) is 11.1. The molecule has 1 aromatic carbocycles. The van der Waals surface area contributed by atoms with E-state index < -0.39 is 0 Å². The first-order chi connectivity index (χ1) is 7.68. The lowest BCUT2D eigenvalue weighted by Crippen LogP contribution is -2.36. The fraction of sp³-hybridized carbons (Fsp3) is 0.462. The lowest BCUT2D eigenvalue weighted by Gasteiger charge is -2.19. The summed E-state index contributed by atoms with van der Waals surface area (Å²) in [5.74, 6) is -0.109. The highest BCUT2D eigenvalue weighted by Crippen LogP contribution is 2.23. The first-order valence-corrected chi connectivity index (χ1v) is 5.79. The predicted octanol–water partition coefficient (Wildman–Crippen LogP) is 1.60. The number of nitrogens with two attached hydrogens (primary N) is 1. The molecule has 2 atom stereocenters. The molecule has 1 aliphatic carbocycles. The van der Waals surface area contributed by atoms with Gasteiger partial charge in [0, 0.05) is 12.1 Å². The molecule has 3 N–H and O–H groups in total. The van der Waals surface area contributed by atoms with Gasteiger partial charge in [0.1, 0.15) is 0 Å². The standard InChI is InChI=1S/C13H18N2O/c1-9(13(16)15-11-7-8-11)12(14)10-5-3-2-4-6-10/h2-6,9,11-12H,7-8,14H2,1H3,(H,15,16). The number of hydrogen-bond acceptors (Lipinski definition) is 2. The van der Waals surface area contributed by atoms with E-state index in [1.54, 1.807) is 0 Å². The Labute approximate surface area is 96.0 Å². The van der Waals surface area contributed by atoms with Crippen molar-refractivity contribution in [3.05, 3.63) is 35.9 Å². The zero-order chi connectivity index (χ0) is 11.5. The van der Waals surface area contributed by atoms with Gasteiger partial charge in [-0.3, -0.25) is 4.79 Å². The Kier molecular flexibility index (Phi) is 3.25. The summed E-state index contributed by atoms with van der Waals surface area (Å²) in [6.45, 7) is 1.88. The van der Waals surface area contributed by atoms with E-state index in [4.69, 9.17) is 5.73 Å². The summed E-state index contributed by atoms with van der Waals surface area (Å²) < 4.78 is 0. The fourth-order valence-corrected chi connectivity index (χ4v) is 1.69. The summed E-state index contributed by atoms with van der Waals surface area (Å²) >= 11 is 0. The van der Waals surface area contributed by atoms with Gasteiger partial charge >= 0.3 is 0 Å². The molecule has 2 rings (SSSR count). The average molecular weight is 218 g/mol. The van der Waals surface area contributed by atoms with Crippen molar-refractivity contribution < 1.29 is 4.79 Å². The van der Waals surface area contributed by atoms with Crippen LogP contribution in [-0.4, -0.2) is 11.9 Å². The van der Waals surface area contributed by atoms with E-state index in [9.17, 15) is 4.79 Å². The van der Waals surface area contributed by atoms with Crippen molar-refractivity contribution in [2.45, 2.75) is 31.8 Å². The molecule has 1 aliphatic rings. The van der Waals surface area contributed by atoms with Gasteiger partial charge < -0.3 is 11.1 Å². The molecule has 1 fully saturated rings. The molecule has 0 radical (unpaired) electrons. The molecule has 0 heterocycles. The van der Waals surface area contributed by atoms with Gasteiger partial charge in [-0.25, -0.2) is 0 Å². The second kappa shape index (κ2) is 4.66. The minimum atomic E-state index is -0.222. The summed E-state index contributed by atoms with van der Waals surface area (Å²) in [5, 5.41) is 2.99. The van der Waals surface area contributed by atoms with Gasteiger partial charge in [0.2, 0.25) is 5.91 Å². The van der Waals surface area contributed by atoms with Crippen LogP contribution >= 0.6 is 0 Å². The highest BCUT2D eigenvalue weighted by Gasteiger charge is 2.28. The minimum absolute atomic E-state index is 0.0684. The quantitative estimate of drug-likeness (QED) is 0.806.